The van der Waals surface area contributed by atoms with Gasteiger partial charge < -0.3 is 15.4 Å². The molecule has 0 aliphatic rings. The number of carbonyl (C=O) groups excluding carboxylic acids is 3. The molecule has 0 unspecified atom stereocenters. The summed E-state index contributed by atoms with van der Waals surface area (Å²) in [6.07, 6.45) is 0.426. The van der Waals surface area contributed by atoms with Gasteiger partial charge in [-0.05, 0) is 56.5 Å². The number of rotatable bonds is 9. The van der Waals surface area contributed by atoms with E-state index in [0.29, 0.717) is 5.69 Å². The molecule has 2 aromatic carbocycles. The number of nitrogens with one attached hydrogen (secondary N) is 2. The molecular formula is C23H25N3O4. The summed E-state index contributed by atoms with van der Waals surface area (Å²) in [7, 11) is 0. The Hall–Kier alpha value is -3.66. The Balaban J connectivity index is 1.80. The second-order valence-electron chi connectivity index (χ2n) is 6.94. The van der Waals surface area contributed by atoms with Crippen molar-refractivity contribution < 1.29 is 19.1 Å². The fraction of sp³-hybridized carbons (Fsp3) is 0.304. The molecule has 2 N–H and O–H groups in total. The second kappa shape index (κ2) is 11.4. The van der Waals surface area contributed by atoms with E-state index in [0.717, 1.165) is 12.8 Å². The largest absolute Gasteiger partial charge is 0.449 e. The molecule has 7 heteroatoms. The predicted octanol–water partition coefficient (Wildman–Crippen LogP) is 3.22. The van der Waals surface area contributed by atoms with E-state index in [9.17, 15) is 14.4 Å². The van der Waals surface area contributed by atoms with Crippen molar-refractivity contribution in [2.45, 2.75) is 45.3 Å². The zero-order valence-electron chi connectivity index (χ0n) is 17.1. The topological polar surface area (TPSA) is 108 Å². The van der Waals surface area contributed by atoms with Crippen LogP contribution in [0, 0.1) is 11.3 Å². The molecular weight excluding hydrogens is 382 g/mol. The first-order chi connectivity index (χ1) is 14.4. The Bertz CT molecular complexity index is 904. The molecule has 0 aliphatic heterocycles. The first-order valence-corrected chi connectivity index (χ1v) is 9.71. The highest BCUT2D eigenvalue weighted by Gasteiger charge is 2.20. The van der Waals surface area contributed by atoms with Crippen molar-refractivity contribution in [3.05, 3.63) is 65.7 Å². The summed E-state index contributed by atoms with van der Waals surface area (Å²) in [5.74, 6) is -1.42. The summed E-state index contributed by atoms with van der Waals surface area (Å²) >= 11 is 0. The van der Waals surface area contributed by atoms with Crippen LogP contribution in [0.25, 0.3) is 0 Å². The number of aryl methyl sites for hydroxylation is 1. The summed E-state index contributed by atoms with van der Waals surface area (Å²) in [6.45, 7) is 3.43. The Labute approximate surface area is 176 Å². The third-order valence-corrected chi connectivity index (χ3v) is 4.39. The normalized spacial score (nSPS) is 12.2. The molecule has 2 rings (SSSR count). The highest BCUT2D eigenvalue weighted by molar-refractivity contribution is 5.94. The van der Waals surface area contributed by atoms with Crippen LogP contribution in [0.3, 0.4) is 0 Å². The Morgan fingerprint density at radius 3 is 2.33 bits per heavy atom. The fourth-order valence-corrected chi connectivity index (χ4v) is 2.71. The Kier molecular flexibility index (Phi) is 8.57. The van der Waals surface area contributed by atoms with E-state index in [4.69, 9.17) is 10.00 Å². The van der Waals surface area contributed by atoms with E-state index < -0.39 is 18.0 Å². The van der Waals surface area contributed by atoms with E-state index in [1.165, 1.54) is 36.8 Å². The molecule has 156 valence electrons. The zero-order chi connectivity index (χ0) is 21.9. The molecule has 0 saturated carbocycles. The highest BCUT2D eigenvalue weighted by atomic mass is 16.5. The lowest BCUT2D eigenvalue weighted by molar-refractivity contribution is -0.129. The Morgan fingerprint density at radius 1 is 1.03 bits per heavy atom. The van der Waals surface area contributed by atoms with Gasteiger partial charge in [0, 0.05) is 11.7 Å². The van der Waals surface area contributed by atoms with Gasteiger partial charge in [-0.25, -0.2) is 4.79 Å². The number of carbonyl (C=O) groups is 3. The number of benzene rings is 2. The number of hydrogen-bond donors (Lipinski definition) is 2. The molecule has 7 nitrogen and oxygen atoms in total. The molecule has 2 amide bonds. The van der Waals surface area contributed by atoms with Crippen LogP contribution >= 0.6 is 0 Å². The minimum atomic E-state index is -0.938. The lowest BCUT2D eigenvalue weighted by Gasteiger charge is -2.18. The number of nitriles is 1. The third kappa shape index (κ3) is 7.40. The van der Waals surface area contributed by atoms with Crippen LogP contribution in [0.5, 0.6) is 0 Å². The van der Waals surface area contributed by atoms with Gasteiger partial charge in [0.2, 0.25) is 5.91 Å². The number of nitrogens with zero attached hydrogens (tertiary/aromatic N) is 1. The van der Waals surface area contributed by atoms with E-state index in [1.54, 1.807) is 6.07 Å². The first-order valence-electron chi connectivity index (χ1n) is 9.71. The van der Waals surface area contributed by atoms with Crippen LogP contribution in [-0.2, 0) is 20.7 Å². The van der Waals surface area contributed by atoms with Crippen LogP contribution in [0.2, 0.25) is 0 Å². The maximum Gasteiger partial charge on any atom is 0.338 e. The van der Waals surface area contributed by atoms with Gasteiger partial charge in [-0.2, -0.15) is 5.26 Å². The number of anilines is 1. The smallest absolute Gasteiger partial charge is 0.338 e. The van der Waals surface area contributed by atoms with Gasteiger partial charge in [0.25, 0.3) is 5.91 Å². The molecule has 0 aromatic heterocycles. The number of hydrogen-bond acceptors (Lipinski definition) is 5. The van der Waals surface area contributed by atoms with Crippen molar-refractivity contribution in [2.75, 3.05) is 5.32 Å². The summed E-state index contributed by atoms with van der Waals surface area (Å²) in [6, 6.07) is 17.7. The van der Waals surface area contributed by atoms with Crippen molar-refractivity contribution in [2.24, 2.45) is 0 Å². The number of amides is 2. The van der Waals surface area contributed by atoms with Crippen molar-refractivity contribution in [3.8, 4) is 6.07 Å². The molecule has 30 heavy (non-hydrogen) atoms. The van der Waals surface area contributed by atoms with Gasteiger partial charge in [0.15, 0.2) is 6.10 Å². The molecule has 0 aliphatic carbocycles. The van der Waals surface area contributed by atoms with Gasteiger partial charge in [0.05, 0.1) is 11.6 Å². The van der Waals surface area contributed by atoms with E-state index in [1.807, 2.05) is 37.3 Å². The molecule has 2 aromatic rings. The van der Waals surface area contributed by atoms with Crippen LogP contribution in [0.15, 0.2) is 54.6 Å². The van der Waals surface area contributed by atoms with Gasteiger partial charge >= 0.3 is 5.97 Å². The standard InChI is InChI=1S/C23H25N3O4/c1-16(8-9-18-6-4-3-5-7-18)25-22(28)17(2)30-23(29)19-10-12-20(13-11-19)26-21(27)14-15-24/h3-7,10-13,16-17H,8-9,14H2,1-2H3,(H,25,28)(H,26,27)/t16-,17+/m0/s1. The van der Waals surface area contributed by atoms with Crippen molar-refractivity contribution in [1.29, 1.82) is 5.26 Å². The fourth-order valence-electron chi connectivity index (χ4n) is 2.71. The lowest BCUT2D eigenvalue weighted by atomic mass is 10.1. The van der Waals surface area contributed by atoms with Crippen LogP contribution < -0.4 is 10.6 Å². The minimum Gasteiger partial charge on any atom is -0.449 e. The van der Waals surface area contributed by atoms with Crippen LogP contribution in [0.4, 0.5) is 5.69 Å². The maximum atomic E-state index is 12.3. The third-order valence-electron chi connectivity index (χ3n) is 4.39. The quantitative estimate of drug-likeness (QED) is 0.621. The predicted molar refractivity (Wildman–Crippen MR) is 113 cm³/mol. The molecule has 0 radical (unpaired) electrons. The second-order valence-corrected chi connectivity index (χ2v) is 6.94. The Morgan fingerprint density at radius 2 is 1.70 bits per heavy atom. The lowest BCUT2D eigenvalue weighted by Crippen LogP contribution is -2.41. The number of ether oxygens (including phenoxy) is 1. The number of esters is 1. The van der Waals surface area contributed by atoms with E-state index in [2.05, 4.69) is 10.6 Å². The van der Waals surface area contributed by atoms with Gasteiger partial charge in [-0.3, -0.25) is 9.59 Å². The van der Waals surface area contributed by atoms with Crippen LogP contribution in [-0.4, -0.2) is 29.9 Å². The monoisotopic (exact) mass is 407 g/mol. The molecule has 0 fully saturated rings. The summed E-state index contributed by atoms with van der Waals surface area (Å²) in [4.78, 5) is 36.0. The maximum absolute atomic E-state index is 12.3. The first kappa shape index (κ1) is 22.6. The van der Waals surface area contributed by atoms with Crippen molar-refractivity contribution >= 4 is 23.5 Å². The minimum absolute atomic E-state index is 0.0600. The molecule has 0 spiro atoms. The average Bonchev–Trinajstić information content (AvgIpc) is 2.73. The summed E-state index contributed by atoms with van der Waals surface area (Å²) in [5, 5.41) is 13.9. The summed E-state index contributed by atoms with van der Waals surface area (Å²) in [5.41, 5.74) is 1.92. The molecule has 0 saturated heterocycles. The summed E-state index contributed by atoms with van der Waals surface area (Å²) < 4.78 is 5.24. The van der Waals surface area contributed by atoms with Gasteiger partial charge in [-0.15, -0.1) is 0 Å². The average molecular weight is 407 g/mol. The van der Waals surface area contributed by atoms with Gasteiger partial charge in [-0.1, -0.05) is 30.3 Å². The zero-order valence-corrected chi connectivity index (χ0v) is 17.1. The van der Waals surface area contributed by atoms with E-state index in [-0.39, 0.29) is 23.9 Å². The van der Waals surface area contributed by atoms with Crippen molar-refractivity contribution in [3.63, 3.8) is 0 Å². The SMILES string of the molecule is C[C@@H](CCc1ccccc1)NC(=O)[C@@H](C)OC(=O)c1ccc(NC(=O)CC#N)cc1. The molecule has 2 atom stereocenters. The van der Waals surface area contributed by atoms with E-state index >= 15 is 0 Å². The van der Waals surface area contributed by atoms with Crippen LogP contribution in [0.1, 0.15) is 42.6 Å². The van der Waals surface area contributed by atoms with Gasteiger partial charge in [0.1, 0.15) is 6.42 Å². The highest BCUT2D eigenvalue weighted by Crippen LogP contribution is 2.12. The molecule has 0 heterocycles. The van der Waals surface area contributed by atoms with Crippen molar-refractivity contribution in [1.82, 2.24) is 5.32 Å². The molecule has 0 bridgehead atoms.